The second-order valence-electron chi connectivity index (χ2n) is 5.10. The summed E-state index contributed by atoms with van der Waals surface area (Å²) in [7, 11) is -3.53. The molecular weight excluding hydrogens is 262 g/mol. The molecule has 0 saturated heterocycles. The van der Waals surface area contributed by atoms with Crippen LogP contribution in [-0.4, -0.2) is 19.9 Å². The third-order valence-corrected chi connectivity index (χ3v) is 5.18. The molecule has 1 aromatic heterocycles. The van der Waals surface area contributed by atoms with Gasteiger partial charge in [-0.25, -0.2) is 13.1 Å². The number of anilines is 1. The van der Waals surface area contributed by atoms with E-state index < -0.39 is 10.0 Å². The fourth-order valence-electron chi connectivity index (χ4n) is 2.57. The van der Waals surface area contributed by atoms with Crippen molar-refractivity contribution in [3.8, 4) is 0 Å². The van der Waals surface area contributed by atoms with Crippen molar-refractivity contribution in [3.05, 3.63) is 18.5 Å². The summed E-state index contributed by atoms with van der Waals surface area (Å²) in [5.41, 5.74) is 5.90. The Morgan fingerprint density at radius 1 is 1.32 bits per heavy atom. The molecule has 0 aliphatic heterocycles. The molecule has 0 spiro atoms. The predicted octanol–water partition coefficient (Wildman–Crippen LogP) is 1.91. The van der Waals surface area contributed by atoms with Gasteiger partial charge in [0.15, 0.2) is 0 Å². The second kappa shape index (κ2) is 6.34. The molecule has 2 rings (SSSR count). The highest BCUT2D eigenvalue weighted by atomic mass is 32.2. The number of hydrogen-bond donors (Lipinski definition) is 2. The summed E-state index contributed by atoms with van der Waals surface area (Å²) in [4.78, 5) is 3.88. The molecule has 0 aromatic carbocycles. The van der Waals surface area contributed by atoms with Gasteiger partial charge < -0.3 is 5.73 Å². The van der Waals surface area contributed by atoms with Gasteiger partial charge in [0.2, 0.25) is 10.0 Å². The lowest BCUT2D eigenvalue weighted by atomic mass is 9.87. The van der Waals surface area contributed by atoms with Gasteiger partial charge in [-0.1, -0.05) is 32.1 Å². The molecule has 0 unspecified atom stereocenters. The third kappa shape index (κ3) is 3.91. The van der Waals surface area contributed by atoms with E-state index in [0.29, 0.717) is 12.5 Å². The van der Waals surface area contributed by atoms with Crippen LogP contribution < -0.4 is 10.5 Å². The maximum Gasteiger partial charge on any atom is 0.244 e. The van der Waals surface area contributed by atoms with Crippen molar-refractivity contribution in [1.29, 1.82) is 0 Å². The van der Waals surface area contributed by atoms with E-state index in [0.717, 1.165) is 6.42 Å². The predicted molar refractivity (Wildman–Crippen MR) is 75.0 cm³/mol. The number of sulfonamides is 1. The lowest BCUT2D eigenvalue weighted by Gasteiger charge is -2.21. The summed E-state index contributed by atoms with van der Waals surface area (Å²) in [5.74, 6) is 0.655. The Labute approximate surface area is 114 Å². The van der Waals surface area contributed by atoms with E-state index in [-0.39, 0.29) is 10.6 Å². The summed E-state index contributed by atoms with van der Waals surface area (Å²) in [6, 6.07) is 1.50. The Kier molecular flexibility index (Phi) is 4.76. The molecular formula is C13H21N3O2S. The molecule has 1 fully saturated rings. The molecule has 19 heavy (non-hydrogen) atoms. The third-order valence-electron chi connectivity index (χ3n) is 3.68. The van der Waals surface area contributed by atoms with Gasteiger partial charge in [-0.2, -0.15) is 0 Å². The number of pyridine rings is 1. The Balaban J connectivity index is 1.89. The zero-order valence-corrected chi connectivity index (χ0v) is 11.8. The molecule has 0 bridgehead atoms. The normalized spacial score (nSPS) is 17.5. The molecule has 1 heterocycles. The standard InChI is InChI=1S/C13H21N3O2S/c14-12-7-8-15-10-13(12)19(17,18)16-9-6-11-4-2-1-3-5-11/h7-8,10-11,16H,1-6,9H2,(H2,14,15). The zero-order valence-electron chi connectivity index (χ0n) is 11.0. The molecule has 3 N–H and O–H groups in total. The zero-order chi connectivity index (χ0) is 13.7. The lowest BCUT2D eigenvalue weighted by Crippen LogP contribution is -2.27. The van der Waals surface area contributed by atoms with E-state index in [1.54, 1.807) is 0 Å². The Hall–Kier alpha value is -1.14. The highest BCUT2D eigenvalue weighted by molar-refractivity contribution is 7.89. The highest BCUT2D eigenvalue weighted by Crippen LogP contribution is 2.26. The van der Waals surface area contributed by atoms with Gasteiger partial charge in [0.05, 0.1) is 5.69 Å². The van der Waals surface area contributed by atoms with Crippen LogP contribution in [0, 0.1) is 5.92 Å². The van der Waals surface area contributed by atoms with Gasteiger partial charge in [0, 0.05) is 18.9 Å². The van der Waals surface area contributed by atoms with E-state index in [1.165, 1.54) is 50.6 Å². The van der Waals surface area contributed by atoms with Crippen molar-refractivity contribution in [1.82, 2.24) is 9.71 Å². The van der Waals surface area contributed by atoms with Gasteiger partial charge in [-0.3, -0.25) is 4.98 Å². The maximum atomic E-state index is 12.1. The Morgan fingerprint density at radius 2 is 2.05 bits per heavy atom. The molecule has 106 valence electrons. The van der Waals surface area contributed by atoms with Gasteiger partial charge in [-0.15, -0.1) is 0 Å². The monoisotopic (exact) mass is 283 g/mol. The van der Waals surface area contributed by atoms with Crippen molar-refractivity contribution in [2.45, 2.75) is 43.4 Å². The van der Waals surface area contributed by atoms with Gasteiger partial charge in [-0.05, 0) is 18.4 Å². The quantitative estimate of drug-likeness (QED) is 0.864. The van der Waals surface area contributed by atoms with E-state index in [9.17, 15) is 8.42 Å². The number of rotatable bonds is 5. The smallest absolute Gasteiger partial charge is 0.244 e. The average Bonchev–Trinajstić information content (AvgIpc) is 2.40. The maximum absolute atomic E-state index is 12.1. The van der Waals surface area contributed by atoms with Crippen molar-refractivity contribution in [2.75, 3.05) is 12.3 Å². The van der Waals surface area contributed by atoms with Crippen LogP contribution in [0.25, 0.3) is 0 Å². The molecule has 0 atom stereocenters. The van der Waals surface area contributed by atoms with Crippen LogP contribution in [0.2, 0.25) is 0 Å². The molecule has 1 aromatic rings. The summed E-state index contributed by atoms with van der Waals surface area (Å²) in [6.07, 6.45) is 9.97. The highest BCUT2D eigenvalue weighted by Gasteiger charge is 2.18. The van der Waals surface area contributed by atoms with Crippen molar-refractivity contribution in [2.24, 2.45) is 5.92 Å². The van der Waals surface area contributed by atoms with Crippen LogP contribution in [0.15, 0.2) is 23.4 Å². The molecule has 1 aliphatic carbocycles. The minimum Gasteiger partial charge on any atom is -0.398 e. The van der Waals surface area contributed by atoms with Crippen LogP contribution in [0.4, 0.5) is 5.69 Å². The average molecular weight is 283 g/mol. The van der Waals surface area contributed by atoms with Gasteiger partial charge >= 0.3 is 0 Å². The number of hydrogen-bond acceptors (Lipinski definition) is 4. The summed E-state index contributed by atoms with van der Waals surface area (Å²) < 4.78 is 26.7. The first-order valence-corrected chi connectivity index (χ1v) is 8.27. The summed E-state index contributed by atoms with van der Waals surface area (Å²) >= 11 is 0. The fourth-order valence-corrected chi connectivity index (χ4v) is 3.69. The number of nitrogen functional groups attached to an aromatic ring is 1. The number of aromatic nitrogens is 1. The van der Waals surface area contributed by atoms with Crippen molar-refractivity contribution < 1.29 is 8.42 Å². The topological polar surface area (TPSA) is 85.1 Å². The van der Waals surface area contributed by atoms with E-state index >= 15 is 0 Å². The number of nitrogens with one attached hydrogen (secondary N) is 1. The second-order valence-corrected chi connectivity index (χ2v) is 6.84. The Bertz CT molecular complexity index is 510. The van der Waals surface area contributed by atoms with Gasteiger partial charge in [0.25, 0.3) is 0 Å². The van der Waals surface area contributed by atoms with E-state index in [4.69, 9.17) is 5.73 Å². The van der Waals surface area contributed by atoms with Crippen LogP contribution in [0.3, 0.4) is 0 Å². The van der Waals surface area contributed by atoms with E-state index in [1.807, 2.05) is 0 Å². The number of nitrogens with zero attached hydrogens (tertiary/aromatic N) is 1. The van der Waals surface area contributed by atoms with Crippen LogP contribution >= 0.6 is 0 Å². The van der Waals surface area contributed by atoms with Crippen LogP contribution in [0.5, 0.6) is 0 Å². The molecule has 6 heteroatoms. The van der Waals surface area contributed by atoms with Crippen molar-refractivity contribution in [3.63, 3.8) is 0 Å². The fraction of sp³-hybridized carbons (Fsp3) is 0.615. The number of nitrogens with two attached hydrogens (primary N) is 1. The van der Waals surface area contributed by atoms with Crippen LogP contribution in [0.1, 0.15) is 38.5 Å². The molecule has 1 aliphatic rings. The minimum atomic E-state index is -3.53. The summed E-state index contributed by atoms with van der Waals surface area (Å²) in [5, 5.41) is 0. The SMILES string of the molecule is Nc1ccncc1S(=O)(=O)NCCC1CCCCC1. The lowest BCUT2D eigenvalue weighted by molar-refractivity contribution is 0.339. The Morgan fingerprint density at radius 3 is 2.74 bits per heavy atom. The molecule has 5 nitrogen and oxygen atoms in total. The van der Waals surface area contributed by atoms with E-state index in [2.05, 4.69) is 9.71 Å². The largest absolute Gasteiger partial charge is 0.398 e. The molecule has 0 amide bonds. The van der Waals surface area contributed by atoms with Gasteiger partial charge in [0.1, 0.15) is 4.90 Å². The first-order valence-electron chi connectivity index (χ1n) is 6.79. The van der Waals surface area contributed by atoms with Crippen LogP contribution in [-0.2, 0) is 10.0 Å². The first-order chi connectivity index (χ1) is 9.09. The first kappa shape index (κ1) is 14.3. The van der Waals surface area contributed by atoms with Crippen molar-refractivity contribution >= 4 is 15.7 Å². The molecule has 0 radical (unpaired) electrons. The summed E-state index contributed by atoms with van der Waals surface area (Å²) in [6.45, 7) is 0.474. The minimum absolute atomic E-state index is 0.0682. The molecule has 1 saturated carbocycles.